The number of hydrogen-bond donors (Lipinski definition) is 0. The molecule has 30 heavy (non-hydrogen) atoms. The predicted molar refractivity (Wildman–Crippen MR) is 113 cm³/mol. The summed E-state index contributed by atoms with van der Waals surface area (Å²) in [5, 5.41) is 10.6. The van der Waals surface area contributed by atoms with E-state index < -0.39 is 26.9 Å². The first-order valence-electron chi connectivity index (χ1n) is 9.09. The van der Waals surface area contributed by atoms with Gasteiger partial charge in [0.2, 0.25) is 0 Å². The molecule has 0 bridgehead atoms. The highest BCUT2D eigenvalue weighted by atomic mass is 32.2. The number of nitriles is 1. The fourth-order valence-corrected chi connectivity index (χ4v) is 5.21. The molecule has 0 saturated heterocycles. The van der Waals surface area contributed by atoms with E-state index in [0.29, 0.717) is 14.9 Å². The number of aryl methyl sites for hydroxylation is 2. The van der Waals surface area contributed by atoms with Crippen molar-refractivity contribution in [1.29, 1.82) is 5.26 Å². The summed E-state index contributed by atoms with van der Waals surface area (Å²) in [7, 11) is -2.72. The van der Waals surface area contributed by atoms with E-state index in [1.807, 2.05) is 13.0 Å². The third-order valence-electron chi connectivity index (χ3n) is 5.19. The highest BCUT2D eigenvalue weighted by molar-refractivity contribution is 7.90. The van der Waals surface area contributed by atoms with Crippen molar-refractivity contribution in [3.63, 3.8) is 0 Å². The van der Waals surface area contributed by atoms with E-state index in [1.165, 1.54) is 12.1 Å². The zero-order valence-electron chi connectivity index (χ0n) is 16.5. The van der Waals surface area contributed by atoms with Crippen LogP contribution in [0.3, 0.4) is 0 Å². The Labute approximate surface area is 172 Å². The number of benzene rings is 2. The van der Waals surface area contributed by atoms with E-state index in [4.69, 9.17) is 0 Å². The lowest BCUT2D eigenvalue weighted by atomic mass is 10.0. The molecule has 0 aliphatic rings. The summed E-state index contributed by atoms with van der Waals surface area (Å²) < 4.78 is 29.3. The van der Waals surface area contributed by atoms with Crippen molar-refractivity contribution in [2.24, 2.45) is 7.05 Å². The van der Waals surface area contributed by atoms with Crippen molar-refractivity contribution < 1.29 is 13.2 Å². The Morgan fingerprint density at radius 3 is 2.30 bits per heavy atom. The van der Waals surface area contributed by atoms with E-state index in [9.17, 15) is 23.3 Å². The van der Waals surface area contributed by atoms with Crippen molar-refractivity contribution in [2.45, 2.75) is 18.7 Å². The van der Waals surface area contributed by atoms with Crippen molar-refractivity contribution >= 4 is 37.7 Å². The van der Waals surface area contributed by atoms with Gasteiger partial charge in [0.25, 0.3) is 15.6 Å². The Morgan fingerprint density at radius 1 is 1.07 bits per heavy atom. The van der Waals surface area contributed by atoms with Gasteiger partial charge in [0.1, 0.15) is 17.3 Å². The molecule has 150 valence electrons. The molecule has 4 aromatic rings. The number of aromatic nitrogens is 2. The number of carbonyl (C=O) groups excluding carboxylic acids is 1. The number of para-hydroxylation sites is 1. The molecule has 0 aliphatic heterocycles. The molecule has 4 rings (SSSR count). The quantitative estimate of drug-likeness (QED) is 0.475. The van der Waals surface area contributed by atoms with Crippen LogP contribution >= 0.6 is 0 Å². The van der Waals surface area contributed by atoms with Crippen molar-refractivity contribution in [3.05, 3.63) is 75.6 Å². The van der Waals surface area contributed by atoms with Crippen molar-refractivity contribution in [1.82, 2.24) is 8.54 Å². The molecular weight excluding hydrogens is 402 g/mol. The molecule has 0 unspecified atom stereocenters. The maximum atomic E-state index is 13.5. The summed E-state index contributed by atoms with van der Waals surface area (Å²) in [6, 6.07) is 15.1. The predicted octanol–water partition coefficient (Wildman–Crippen LogP) is 3.11. The number of fused-ring (bicyclic) bond motifs is 3. The van der Waals surface area contributed by atoms with Gasteiger partial charge < -0.3 is 4.57 Å². The first-order valence-corrected chi connectivity index (χ1v) is 10.5. The van der Waals surface area contributed by atoms with Crippen LogP contribution in [-0.4, -0.2) is 22.7 Å². The molecule has 2 aromatic carbocycles. The maximum absolute atomic E-state index is 13.5. The SMILES string of the molecule is CC(=O)c1c(C#N)c2c3ccccc3n(C)c2n(S(=O)(=O)c2ccc(C)cc2)c1=O. The molecule has 2 aromatic heterocycles. The second-order valence-corrected chi connectivity index (χ2v) is 8.87. The number of nitrogens with zero attached hydrogens (tertiary/aromatic N) is 3. The molecule has 0 aliphatic carbocycles. The summed E-state index contributed by atoms with van der Waals surface area (Å²) in [4.78, 5) is 25.6. The largest absolute Gasteiger partial charge is 0.329 e. The van der Waals surface area contributed by atoms with Crippen LogP contribution in [0.15, 0.2) is 58.2 Å². The summed E-state index contributed by atoms with van der Waals surface area (Å²) in [6.45, 7) is 2.97. The number of carbonyl (C=O) groups is 1. The molecule has 0 N–H and O–H groups in total. The van der Waals surface area contributed by atoms with Crippen LogP contribution in [0.1, 0.15) is 28.4 Å². The first-order chi connectivity index (χ1) is 14.2. The van der Waals surface area contributed by atoms with Crippen LogP contribution in [0.5, 0.6) is 0 Å². The minimum atomic E-state index is -4.34. The van der Waals surface area contributed by atoms with Gasteiger partial charge in [-0.15, -0.1) is 0 Å². The molecule has 0 atom stereocenters. The lowest BCUT2D eigenvalue weighted by Gasteiger charge is -2.14. The Hall–Kier alpha value is -3.70. The third-order valence-corrected chi connectivity index (χ3v) is 6.88. The van der Waals surface area contributed by atoms with Crippen LogP contribution in [0.25, 0.3) is 21.9 Å². The first kappa shape index (κ1) is 19.6. The van der Waals surface area contributed by atoms with E-state index in [1.54, 1.807) is 48.0 Å². The summed E-state index contributed by atoms with van der Waals surface area (Å²) in [5.74, 6) is -0.667. The normalized spacial score (nSPS) is 11.7. The molecular formula is C22H17N3O4S. The molecule has 2 heterocycles. The van der Waals surface area contributed by atoms with Crippen LogP contribution in [-0.2, 0) is 17.1 Å². The second kappa shape index (κ2) is 6.68. The molecule has 0 amide bonds. The molecule has 8 heteroatoms. The Kier molecular flexibility index (Phi) is 4.36. The standard InChI is InChI=1S/C22H17N3O4S/c1-13-8-10-15(11-9-13)30(28,29)25-21-20(16-6-4-5-7-18(16)24(21)3)17(12-23)19(14(2)26)22(25)27/h4-11H,1-3H3. The number of Topliss-reactive ketones (excluding diaryl/α,β-unsaturated/α-hetero) is 1. The van der Waals surface area contributed by atoms with Crippen molar-refractivity contribution in [2.75, 3.05) is 0 Å². The van der Waals surface area contributed by atoms with Gasteiger partial charge in [-0.3, -0.25) is 9.59 Å². The fourth-order valence-electron chi connectivity index (χ4n) is 3.77. The molecule has 0 fully saturated rings. The van der Waals surface area contributed by atoms with Gasteiger partial charge in [-0.25, -0.2) is 8.42 Å². The Bertz CT molecular complexity index is 1570. The molecule has 0 saturated carbocycles. The monoisotopic (exact) mass is 419 g/mol. The zero-order valence-corrected chi connectivity index (χ0v) is 17.3. The highest BCUT2D eigenvalue weighted by Crippen LogP contribution is 2.32. The fraction of sp³-hybridized carbons (Fsp3) is 0.136. The number of hydrogen-bond acceptors (Lipinski definition) is 5. The van der Waals surface area contributed by atoms with Gasteiger partial charge in [0.15, 0.2) is 5.78 Å². The van der Waals surface area contributed by atoms with E-state index >= 15 is 0 Å². The molecule has 0 spiro atoms. The smallest absolute Gasteiger partial charge is 0.278 e. The van der Waals surface area contributed by atoms with Gasteiger partial charge in [-0.2, -0.15) is 9.23 Å². The minimum absolute atomic E-state index is 0.0447. The maximum Gasteiger partial charge on any atom is 0.278 e. The topological polar surface area (TPSA) is 102 Å². The average Bonchev–Trinajstić information content (AvgIpc) is 2.99. The lowest BCUT2D eigenvalue weighted by molar-refractivity contribution is 0.101. The van der Waals surface area contributed by atoms with E-state index in [0.717, 1.165) is 12.5 Å². The number of pyridine rings is 1. The summed E-state index contributed by atoms with van der Waals surface area (Å²) in [5.41, 5.74) is -0.0367. The Morgan fingerprint density at radius 2 is 1.70 bits per heavy atom. The summed E-state index contributed by atoms with van der Waals surface area (Å²) in [6.07, 6.45) is 0. The van der Waals surface area contributed by atoms with Crippen LogP contribution in [0.2, 0.25) is 0 Å². The van der Waals surface area contributed by atoms with E-state index in [2.05, 4.69) is 0 Å². The van der Waals surface area contributed by atoms with Gasteiger partial charge in [0, 0.05) is 17.8 Å². The average molecular weight is 419 g/mol. The molecule has 7 nitrogen and oxygen atoms in total. The van der Waals surface area contributed by atoms with Crippen molar-refractivity contribution in [3.8, 4) is 6.07 Å². The lowest BCUT2D eigenvalue weighted by Crippen LogP contribution is -2.33. The number of rotatable bonds is 3. The van der Waals surface area contributed by atoms with Gasteiger partial charge in [-0.1, -0.05) is 35.9 Å². The van der Waals surface area contributed by atoms with Gasteiger partial charge >= 0.3 is 0 Å². The third kappa shape index (κ3) is 2.60. The molecule has 0 radical (unpaired) electrons. The summed E-state index contributed by atoms with van der Waals surface area (Å²) >= 11 is 0. The minimum Gasteiger partial charge on any atom is -0.329 e. The van der Waals surface area contributed by atoms with Crippen LogP contribution in [0.4, 0.5) is 0 Å². The second-order valence-electron chi connectivity index (χ2n) is 7.08. The highest BCUT2D eigenvalue weighted by Gasteiger charge is 2.30. The van der Waals surface area contributed by atoms with Crippen LogP contribution in [0, 0.1) is 18.3 Å². The van der Waals surface area contributed by atoms with Crippen LogP contribution < -0.4 is 5.56 Å². The van der Waals surface area contributed by atoms with Gasteiger partial charge in [-0.05, 0) is 32.0 Å². The van der Waals surface area contributed by atoms with E-state index in [-0.39, 0.29) is 21.5 Å². The Balaban J connectivity index is 2.33. The zero-order chi connectivity index (χ0) is 21.8. The number of ketones is 1. The van der Waals surface area contributed by atoms with Gasteiger partial charge in [0.05, 0.1) is 16.0 Å².